The summed E-state index contributed by atoms with van der Waals surface area (Å²) in [6.07, 6.45) is 0. The SMILES string of the molecule is CC(=NNC(=O)c1nc(Cl)c(Cl)c(N)c1Cl)c1ccc(Cl)c(Cl)c1. The predicted molar refractivity (Wildman–Crippen MR) is 99.8 cm³/mol. The first-order valence-electron chi connectivity index (χ1n) is 6.32. The number of nitrogens with two attached hydrogens (primary N) is 1. The number of rotatable bonds is 3. The second kappa shape index (κ2) is 7.76. The number of benzene rings is 1. The normalized spacial score (nSPS) is 11.5. The minimum Gasteiger partial charge on any atom is -0.396 e. The Bertz CT molecular complexity index is 854. The summed E-state index contributed by atoms with van der Waals surface area (Å²) in [6, 6.07) is 4.96. The second-order valence-electron chi connectivity index (χ2n) is 4.56. The van der Waals surface area contributed by atoms with Gasteiger partial charge in [0.15, 0.2) is 10.8 Å². The number of halogens is 5. The zero-order valence-corrected chi connectivity index (χ0v) is 15.8. The summed E-state index contributed by atoms with van der Waals surface area (Å²) < 4.78 is 0. The number of amides is 1. The van der Waals surface area contributed by atoms with E-state index < -0.39 is 5.91 Å². The van der Waals surface area contributed by atoms with Gasteiger partial charge in [-0.3, -0.25) is 4.79 Å². The zero-order valence-electron chi connectivity index (χ0n) is 12.0. The van der Waals surface area contributed by atoms with E-state index in [1.807, 2.05) is 0 Å². The fraction of sp³-hybridized carbons (Fsp3) is 0.0714. The first-order valence-corrected chi connectivity index (χ1v) is 8.21. The molecule has 1 aromatic heterocycles. The smallest absolute Gasteiger partial charge is 0.291 e. The molecule has 0 radical (unpaired) electrons. The van der Waals surface area contributed by atoms with Crippen LogP contribution in [0.25, 0.3) is 0 Å². The molecule has 0 unspecified atom stereocenters. The lowest BCUT2D eigenvalue weighted by Crippen LogP contribution is -2.21. The lowest BCUT2D eigenvalue weighted by atomic mass is 10.1. The number of anilines is 1. The molecule has 0 saturated carbocycles. The Morgan fingerprint density at radius 1 is 1.12 bits per heavy atom. The van der Waals surface area contributed by atoms with Gasteiger partial charge in [0, 0.05) is 0 Å². The van der Waals surface area contributed by atoms with E-state index in [1.165, 1.54) is 0 Å². The monoisotopic (exact) mass is 424 g/mol. The topological polar surface area (TPSA) is 80.4 Å². The number of carbonyl (C=O) groups is 1. The van der Waals surface area contributed by atoms with Gasteiger partial charge in [0.2, 0.25) is 0 Å². The van der Waals surface area contributed by atoms with Crippen LogP contribution in [0.2, 0.25) is 25.2 Å². The van der Waals surface area contributed by atoms with Crippen LogP contribution in [0, 0.1) is 0 Å². The maximum atomic E-state index is 12.2. The summed E-state index contributed by atoms with van der Waals surface area (Å²) >= 11 is 29.4. The Hall–Kier alpha value is -1.24. The molecule has 0 spiro atoms. The van der Waals surface area contributed by atoms with Crippen LogP contribution in [0.1, 0.15) is 23.0 Å². The van der Waals surface area contributed by atoms with Gasteiger partial charge in [-0.05, 0) is 24.6 Å². The molecule has 0 fully saturated rings. The number of aromatic nitrogens is 1. The third-order valence-corrected chi connectivity index (χ3v) is 4.82. The third-order valence-electron chi connectivity index (χ3n) is 2.95. The number of hydrazone groups is 1. The van der Waals surface area contributed by atoms with Crippen molar-refractivity contribution in [1.29, 1.82) is 0 Å². The highest BCUT2D eigenvalue weighted by Gasteiger charge is 2.19. The van der Waals surface area contributed by atoms with E-state index in [0.717, 1.165) is 0 Å². The van der Waals surface area contributed by atoms with Crippen molar-refractivity contribution in [3.05, 3.63) is 54.7 Å². The van der Waals surface area contributed by atoms with Crippen LogP contribution >= 0.6 is 58.0 Å². The fourth-order valence-electron chi connectivity index (χ4n) is 1.66. The average molecular weight is 427 g/mol. The molecule has 2 aromatic rings. The van der Waals surface area contributed by atoms with Gasteiger partial charge >= 0.3 is 0 Å². The molecule has 3 N–H and O–H groups in total. The van der Waals surface area contributed by atoms with E-state index >= 15 is 0 Å². The Labute approximate surface area is 162 Å². The maximum absolute atomic E-state index is 12.2. The molecule has 0 aliphatic rings. The third kappa shape index (κ3) is 4.05. The molecule has 0 bridgehead atoms. The molecular weight excluding hydrogens is 417 g/mol. The highest BCUT2D eigenvalue weighted by Crippen LogP contribution is 2.34. The van der Waals surface area contributed by atoms with Crippen molar-refractivity contribution in [3.63, 3.8) is 0 Å². The number of hydrogen-bond acceptors (Lipinski definition) is 4. The summed E-state index contributed by atoms with van der Waals surface area (Å²) in [6.45, 7) is 1.68. The van der Waals surface area contributed by atoms with E-state index in [4.69, 9.17) is 63.7 Å². The van der Waals surface area contributed by atoms with Crippen LogP contribution in [0.5, 0.6) is 0 Å². The molecule has 126 valence electrons. The van der Waals surface area contributed by atoms with E-state index in [2.05, 4.69) is 15.5 Å². The highest BCUT2D eigenvalue weighted by atomic mass is 35.5. The van der Waals surface area contributed by atoms with Gasteiger partial charge in [0.1, 0.15) is 5.02 Å². The molecule has 0 aliphatic carbocycles. The standard InChI is InChI=1S/C14H9Cl5N4O/c1-5(6-2-3-7(15)8(16)4-6)22-23-14(24)12-9(17)11(20)10(18)13(19)21-12/h2-4H,1H3,(H2,20,21)(H,23,24). The number of nitrogens with one attached hydrogen (secondary N) is 1. The van der Waals surface area contributed by atoms with Crippen LogP contribution in [0.15, 0.2) is 23.3 Å². The molecule has 0 aliphatic heterocycles. The second-order valence-corrected chi connectivity index (χ2v) is 6.49. The number of nitrogen functional groups attached to an aromatic ring is 1. The minimum absolute atomic E-state index is 0.0197. The molecule has 0 atom stereocenters. The van der Waals surface area contributed by atoms with Gasteiger partial charge in [-0.25, -0.2) is 10.4 Å². The lowest BCUT2D eigenvalue weighted by molar-refractivity contribution is 0.0950. The van der Waals surface area contributed by atoms with E-state index in [1.54, 1.807) is 25.1 Å². The van der Waals surface area contributed by atoms with Crippen molar-refractivity contribution in [1.82, 2.24) is 10.4 Å². The van der Waals surface area contributed by atoms with Gasteiger partial charge in [0.05, 0.1) is 26.5 Å². The van der Waals surface area contributed by atoms with Gasteiger partial charge in [-0.1, -0.05) is 64.1 Å². The average Bonchev–Trinajstić information content (AvgIpc) is 2.56. The number of nitrogens with zero attached hydrogens (tertiary/aromatic N) is 2. The lowest BCUT2D eigenvalue weighted by Gasteiger charge is -2.08. The van der Waals surface area contributed by atoms with Gasteiger partial charge in [-0.2, -0.15) is 5.10 Å². The fourth-order valence-corrected chi connectivity index (χ4v) is 2.55. The van der Waals surface area contributed by atoms with Gasteiger partial charge < -0.3 is 5.73 Å². The molecule has 5 nitrogen and oxygen atoms in total. The maximum Gasteiger partial charge on any atom is 0.291 e. The summed E-state index contributed by atoms with van der Waals surface area (Å²) in [7, 11) is 0. The largest absolute Gasteiger partial charge is 0.396 e. The Kier molecular flexibility index (Phi) is 6.17. The van der Waals surface area contributed by atoms with Gasteiger partial charge in [-0.15, -0.1) is 0 Å². The number of hydrogen-bond donors (Lipinski definition) is 2. The summed E-state index contributed by atoms with van der Waals surface area (Å²) in [4.78, 5) is 16.0. The van der Waals surface area contributed by atoms with Crippen molar-refractivity contribution in [2.75, 3.05) is 5.73 Å². The molecule has 0 saturated heterocycles. The first kappa shape index (κ1) is 19.1. The highest BCUT2D eigenvalue weighted by molar-refractivity contribution is 6.46. The predicted octanol–water partition coefficient (Wildman–Crippen LogP) is 5.08. The van der Waals surface area contributed by atoms with Crippen molar-refractivity contribution in [2.24, 2.45) is 5.10 Å². The van der Waals surface area contributed by atoms with Crippen LogP contribution in [-0.4, -0.2) is 16.6 Å². The Morgan fingerprint density at radius 2 is 1.79 bits per heavy atom. The first-order chi connectivity index (χ1) is 11.2. The minimum atomic E-state index is -0.690. The molecule has 24 heavy (non-hydrogen) atoms. The van der Waals surface area contributed by atoms with E-state index in [-0.39, 0.29) is 26.6 Å². The number of carbonyl (C=O) groups excluding carboxylic acids is 1. The molecule has 10 heteroatoms. The van der Waals surface area contributed by atoms with Crippen molar-refractivity contribution in [2.45, 2.75) is 6.92 Å². The van der Waals surface area contributed by atoms with Crippen LogP contribution in [0.4, 0.5) is 5.69 Å². The van der Waals surface area contributed by atoms with Crippen LogP contribution in [0.3, 0.4) is 0 Å². The summed E-state index contributed by atoms with van der Waals surface area (Å²) in [5.41, 5.74) is 8.93. The van der Waals surface area contributed by atoms with Crippen LogP contribution < -0.4 is 11.2 Å². The molecular formula is C14H9Cl5N4O. The molecule has 2 rings (SSSR count). The Morgan fingerprint density at radius 3 is 2.42 bits per heavy atom. The molecule has 1 amide bonds. The quantitative estimate of drug-likeness (QED) is 0.408. The van der Waals surface area contributed by atoms with E-state index in [9.17, 15) is 4.79 Å². The summed E-state index contributed by atoms with van der Waals surface area (Å²) in [5, 5.41) is 4.50. The van der Waals surface area contributed by atoms with Crippen molar-refractivity contribution in [3.8, 4) is 0 Å². The van der Waals surface area contributed by atoms with Crippen molar-refractivity contribution < 1.29 is 4.79 Å². The van der Waals surface area contributed by atoms with Crippen molar-refractivity contribution >= 4 is 75.3 Å². The molecule has 1 heterocycles. The number of pyridine rings is 1. The van der Waals surface area contributed by atoms with Gasteiger partial charge in [0.25, 0.3) is 5.91 Å². The van der Waals surface area contributed by atoms with E-state index in [0.29, 0.717) is 21.3 Å². The molecule has 1 aromatic carbocycles. The Balaban J connectivity index is 2.25. The summed E-state index contributed by atoms with van der Waals surface area (Å²) in [5.74, 6) is -0.690. The zero-order chi connectivity index (χ0) is 18.0. The van der Waals surface area contributed by atoms with Crippen LogP contribution in [-0.2, 0) is 0 Å².